The monoisotopic (exact) mass is 276 g/mol. The lowest BCUT2D eigenvalue weighted by Crippen LogP contribution is -2.48. The highest BCUT2D eigenvalue weighted by molar-refractivity contribution is 5.47. The van der Waals surface area contributed by atoms with Crippen LogP contribution in [0.3, 0.4) is 0 Å². The molecule has 1 aliphatic heterocycles. The first-order valence-electron chi connectivity index (χ1n) is 7.60. The predicted octanol–water partition coefficient (Wildman–Crippen LogP) is 3.53. The summed E-state index contributed by atoms with van der Waals surface area (Å²) >= 11 is 0. The Kier molecular flexibility index (Phi) is 5.06. The van der Waals surface area contributed by atoms with E-state index in [-0.39, 0.29) is 6.10 Å². The van der Waals surface area contributed by atoms with Crippen molar-refractivity contribution >= 4 is 5.69 Å². The van der Waals surface area contributed by atoms with Gasteiger partial charge in [-0.05, 0) is 50.9 Å². The number of piperidine rings is 1. The smallest absolute Gasteiger partial charge is 0.0793 e. The van der Waals surface area contributed by atoms with Crippen molar-refractivity contribution in [1.82, 2.24) is 4.90 Å². The third-order valence-corrected chi connectivity index (χ3v) is 4.67. The Balaban J connectivity index is 2.06. The highest BCUT2D eigenvalue weighted by atomic mass is 16.5. The van der Waals surface area contributed by atoms with Crippen molar-refractivity contribution in [3.63, 3.8) is 0 Å². The van der Waals surface area contributed by atoms with Crippen LogP contribution in [0.4, 0.5) is 5.69 Å². The minimum absolute atomic E-state index is 0.144. The van der Waals surface area contributed by atoms with Crippen molar-refractivity contribution in [1.29, 1.82) is 0 Å². The Hall–Kier alpha value is -1.06. The molecule has 20 heavy (non-hydrogen) atoms. The van der Waals surface area contributed by atoms with Crippen LogP contribution < -0.4 is 5.32 Å². The van der Waals surface area contributed by atoms with Crippen molar-refractivity contribution in [2.75, 3.05) is 26.0 Å². The number of benzene rings is 1. The molecule has 0 amide bonds. The largest absolute Gasteiger partial charge is 0.382 e. The van der Waals surface area contributed by atoms with E-state index >= 15 is 0 Å². The number of rotatable bonds is 4. The highest BCUT2D eigenvalue weighted by Gasteiger charge is 2.28. The van der Waals surface area contributed by atoms with Gasteiger partial charge in [0.25, 0.3) is 0 Å². The number of hydrogen-bond donors (Lipinski definition) is 1. The Morgan fingerprint density at radius 2 is 2.10 bits per heavy atom. The fourth-order valence-corrected chi connectivity index (χ4v) is 2.97. The van der Waals surface area contributed by atoms with E-state index in [9.17, 15) is 0 Å². The molecule has 1 fully saturated rings. The molecule has 0 bridgehead atoms. The number of anilines is 1. The van der Waals surface area contributed by atoms with Crippen LogP contribution in [0.15, 0.2) is 24.3 Å². The third-order valence-electron chi connectivity index (χ3n) is 4.67. The van der Waals surface area contributed by atoms with Crippen LogP contribution in [0.2, 0.25) is 0 Å². The molecule has 112 valence electrons. The summed E-state index contributed by atoms with van der Waals surface area (Å²) in [6.07, 6.45) is 1.34. The summed E-state index contributed by atoms with van der Waals surface area (Å²) in [5.41, 5.74) is 2.44. The summed E-state index contributed by atoms with van der Waals surface area (Å²) in [5.74, 6) is 0.666. The number of ether oxygens (including phenoxy) is 1. The Labute approximate surface area is 123 Å². The molecule has 1 aliphatic rings. The van der Waals surface area contributed by atoms with Gasteiger partial charge in [-0.3, -0.25) is 0 Å². The first kappa shape index (κ1) is 15.3. The normalized spacial score (nSPS) is 29.1. The summed E-state index contributed by atoms with van der Waals surface area (Å²) < 4.78 is 5.40. The summed E-state index contributed by atoms with van der Waals surface area (Å²) in [6, 6.07) is 9.79. The number of hydrogen-bond acceptors (Lipinski definition) is 3. The quantitative estimate of drug-likeness (QED) is 0.910. The Morgan fingerprint density at radius 1 is 1.35 bits per heavy atom. The van der Waals surface area contributed by atoms with E-state index in [0.29, 0.717) is 18.0 Å². The lowest BCUT2D eigenvalue weighted by molar-refractivity contribution is 0.119. The van der Waals surface area contributed by atoms with Gasteiger partial charge in [0, 0.05) is 31.4 Å². The molecule has 0 saturated carbocycles. The SMILES string of the molecule is CO[C@H](C)c1cccc(N[C@@H]2C[C@@H](C)N(C)C[C@H]2C)c1. The van der Waals surface area contributed by atoms with Gasteiger partial charge in [0.1, 0.15) is 0 Å². The second kappa shape index (κ2) is 6.59. The summed E-state index contributed by atoms with van der Waals surface area (Å²) in [7, 11) is 3.98. The van der Waals surface area contributed by atoms with E-state index in [1.54, 1.807) is 7.11 Å². The van der Waals surface area contributed by atoms with E-state index < -0.39 is 0 Å². The van der Waals surface area contributed by atoms with Gasteiger partial charge in [-0.1, -0.05) is 19.1 Å². The Morgan fingerprint density at radius 3 is 2.80 bits per heavy atom. The van der Waals surface area contributed by atoms with Crippen LogP contribution in [-0.2, 0) is 4.74 Å². The van der Waals surface area contributed by atoms with Crippen LogP contribution in [0.5, 0.6) is 0 Å². The van der Waals surface area contributed by atoms with Crippen molar-refractivity contribution in [3.8, 4) is 0 Å². The first-order valence-corrected chi connectivity index (χ1v) is 7.60. The van der Waals surface area contributed by atoms with Crippen molar-refractivity contribution in [3.05, 3.63) is 29.8 Å². The van der Waals surface area contributed by atoms with Crippen molar-refractivity contribution in [2.45, 2.75) is 45.4 Å². The topological polar surface area (TPSA) is 24.5 Å². The maximum absolute atomic E-state index is 5.40. The molecule has 1 N–H and O–H groups in total. The molecule has 0 unspecified atom stereocenters. The van der Waals surface area contributed by atoms with Gasteiger partial charge in [0.15, 0.2) is 0 Å². The first-order chi connectivity index (χ1) is 9.51. The number of methoxy groups -OCH3 is 1. The minimum Gasteiger partial charge on any atom is -0.382 e. The predicted molar refractivity (Wildman–Crippen MR) is 85.1 cm³/mol. The fraction of sp³-hybridized carbons (Fsp3) is 0.647. The molecule has 0 spiro atoms. The lowest BCUT2D eigenvalue weighted by atomic mass is 9.89. The molecule has 3 heteroatoms. The van der Waals surface area contributed by atoms with Crippen LogP contribution in [-0.4, -0.2) is 37.7 Å². The molecule has 1 aromatic rings. The molecular weight excluding hydrogens is 248 g/mol. The van der Waals surface area contributed by atoms with E-state index in [0.717, 1.165) is 6.54 Å². The molecule has 4 atom stereocenters. The van der Waals surface area contributed by atoms with Gasteiger partial charge in [-0.2, -0.15) is 0 Å². The van der Waals surface area contributed by atoms with Crippen molar-refractivity contribution < 1.29 is 4.74 Å². The zero-order valence-corrected chi connectivity index (χ0v) is 13.4. The maximum atomic E-state index is 5.40. The third kappa shape index (κ3) is 3.53. The molecule has 3 nitrogen and oxygen atoms in total. The molecule has 0 aliphatic carbocycles. The summed E-state index contributed by atoms with van der Waals surface area (Å²) in [6.45, 7) is 7.89. The second-order valence-electron chi connectivity index (χ2n) is 6.26. The van der Waals surface area contributed by atoms with Crippen molar-refractivity contribution in [2.24, 2.45) is 5.92 Å². The average molecular weight is 276 g/mol. The zero-order chi connectivity index (χ0) is 14.7. The second-order valence-corrected chi connectivity index (χ2v) is 6.26. The van der Waals surface area contributed by atoms with Gasteiger partial charge >= 0.3 is 0 Å². The summed E-state index contributed by atoms with van der Waals surface area (Å²) in [4.78, 5) is 2.45. The van der Waals surface area contributed by atoms with Gasteiger partial charge in [-0.25, -0.2) is 0 Å². The van der Waals surface area contributed by atoms with Gasteiger partial charge in [0.05, 0.1) is 6.10 Å². The number of nitrogens with one attached hydrogen (secondary N) is 1. The Bertz CT molecular complexity index is 435. The van der Waals surface area contributed by atoms with Gasteiger partial charge < -0.3 is 15.0 Å². The highest BCUT2D eigenvalue weighted by Crippen LogP contribution is 2.26. The van der Waals surface area contributed by atoms with E-state index in [2.05, 4.69) is 62.3 Å². The maximum Gasteiger partial charge on any atom is 0.0793 e. The van der Waals surface area contributed by atoms with Crippen LogP contribution in [0.25, 0.3) is 0 Å². The fourth-order valence-electron chi connectivity index (χ4n) is 2.97. The van der Waals surface area contributed by atoms with E-state index in [1.165, 1.54) is 17.7 Å². The zero-order valence-electron chi connectivity index (χ0n) is 13.4. The van der Waals surface area contributed by atoms with E-state index in [4.69, 9.17) is 4.74 Å². The molecular formula is C17H28N2O. The molecule has 0 aromatic heterocycles. The van der Waals surface area contributed by atoms with E-state index in [1.807, 2.05) is 0 Å². The molecule has 0 radical (unpaired) electrons. The van der Waals surface area contributed by atoms with Gasteiger partial charge in [-0.15, -0.1) is 0 Å². The molecule has 1 saturated heterocycles. The molecule has 1 aromatic carbocycles. The number of likely N-dealkylation sites (tertiary alicyclic amines) is 1. The standard InChI is InChI=1S/C17H28N2O/c1-12-11-19(4)13(2)9-17(12)18-16-8-6-7-15(10-16)14(3)20-5/h6-8,10,12-14,17-18H,9,11H2,1-5H3/t12-,13-,14-,17-/m1/s1. The number of nitrogens with zero attached hydrogens (tertiary/aromatic N) is 1. The average Bonchev–Trinajstić information content (AvgIpc) is 2.44. The van der Waals surface area contributed by atoms with Crippen LogP contribution >= 0.6 is 0 Å². The summed E-state index contributed by atoms with van der Waals surface area (Å²) in [5, 5.41) is 3.72. The van der Waals surface area contributed by atoms with Crippen LogP contribution in [0, 0.1) is 5.92 Å². The molecule has 2 rings (SSSR count). The van der Waals surface area contributed by atoms with Gasteiger partial charge in [0.2, 0.25) is 0 Å². The minimum atomic E-state index is 0.144. The van der Waals surface area contributed by atoms with Crippen LogP contribution in [0.1, 0.15) is 38.9 Å². The lowest BCUT2D eigenvalue weighted by Gasteiger charge is -2.40. The molecule has 1 heterocycles.